The smallest absolute Gasteiger partial charge is 0.314 e. The van der Waals surface area contributed by atoms with E-state index in [9.17, 15) is 18.4 Å². The van der Waals surface area contributed by atoms with Crippen LogP contribution in [-0.2, 0) is 9.59 Å². The summed E-state index contributed by atoms with van der Waals surface area (Å²) in [6.07, 6.45) is 0. The van der Waals surface area contributed by atoms with Gasteiger partial charge in [-0.2, -0.15) is 0 Å². The molecule has 7 heteroatoms. The number of nitrogens with one attached hydrogen (secondary N) is 2. The van der Waals surface area contributed by atoms with Crippen LogP contribution in [0.1, 0.15) is 0 Å². The molecule has 2 amide bonds. The first kappa shape index (κ1) is 18.1. The van der Waals surface area contributed by atoms with Gasteiger partial charge in [0, 0.05) is 17.4 Å². The fourth-order valence-electron chi connectivity index (χ4n) is 2.18. The molecule has 0 bridgehead atoms. The summed E-state index contributed by atoms with van der Waals surface area (Å²) in [7, 11) is 0. The first-order valence-corrected chi connectivity index (χ1v) is 7.91. The Hall–Kier alpha value is -3.74. The molecule has 5 nitrogen and oxygen atoms in total. The highest BCUT2D eigenvalue weighted by Crippen LogP contribution is 2.22. The molecule has 0 atom stereocenters. The number of carbonyl (C=O) groups is 2. The van der Waals surface area contributed by atoms with E-state index in [0.29, 0.717) is 17.2 Å². The summed E-state index contributed by atoms with van der Waals surface area (Å²) >= 11 is 0. The van der Waals surface area contributed by atoms with Gasteiger partial charge in [0.2, 0.25) is 0 Å². The van der Waals surface area contributed by atoms with Crippen molar-refractivity contribution in [3.8, 4) is 11.5 Å². The van der Waals surface area contributed by atoms with Gasteiger partial charge < -0.3 is 15.4 Å². The summed E-state index contributed by atoms with van der Waals surface area (Å²) in [5.74, 6) is -2.90. The van der Waals surface area contributed by atoms with Crippen LogP contribution >= 0.6 is 0 Å². The summed E-state index contributed by atoms with van der Waals surface area (Å²) in [5, 5.41) is 4.60. The van der Waals surface area contributed by atoms with Gasteiger partial charge in [0.25, 0.3) is 0 Å². The van der Waals surface area contributed by atoms with Crippen LogP contribution in [0.4, 0.5) is 20.2 Å². The Bertz CT molecular complexity index is 961. The maximum atomic E-state index is 13.1. The summed E-state index contributed by atoms with van der Waals surface area (Å²) in [6, 6.07) is 18.4. The maximum Gasteiger partial charge on any atom is 0.314 e. The third kappa shape index (κ3) is 4.88. The molecule has 0 aliphatic rings. The fraction of sp³-hybridized carbons (Fsp3) is 0. The number of amides is 2. The largest absolute Gasteiger partial charge is 0.457 e. The van der Waals surface area contributed by atoms with Crippen molar-refractivity contribution in [3.05, 3.63) is 84.4 Å². The molecule has 2 N–H and O–H groups in total. The predicted octanol–water partition coefficient (Wildman–Crippen LogP) is 4.33. The van der Waals surface area contributed by atoms with E-state index in [1.54, 1.807) is 36.4 Å². The molecule has 0 saturated carbocycles. The molecule has 27 heavy (non-hydrogen) atoms. The second kappa shape index (κ2) is 8.09. The second-order valence-corrected chi connectivity index (χ2v) is 5.48. The Morgan fingerprint density at radius 2 is 1.22 bits per heavy atom. The molecule has 0 radical (unpaired) electrons. The minimum absolute atomic E-state index is 0.0272. The molecule has 3 rings (SSSR count). The van der Waals surface area contributed by atoms with Gasteiger partial charge >= 0.3 is 11.8 Å². The number of ether oxygens (including phenoxy) is 1. The van der Waals surface area contributed by atoms with Crippen LogP contribution in [0.3, 0.4) is 0 Å². The fourth-order valence-corrected chi connectivity index (χ4v) is 2.18. The van der Waals surface area contributed by atoms with Crippen LogP contribution in [0.2, 0.25) is 0 Å². The first-order valence-electron chi connectivity index (χ1n) is 7.91. The Morgan fingerprint density at radius 3 is 1.85 bits per heavy atom. The average Bonchev–Trinajstić information content (AvgIpc) is 2.67. The van der Waals surface area contributed by atoms with Crippen molar-refractivity contribution in [2.45, 2.75) is 0 Å². The average molecular weight is 368 g/mol. The summed E-state index contributed by atoms with van der Waals surface area (Å²) in [5.41, 5.74) is 0.349. The van der Waals surface area contributed by atoms with Crippen molar-refractivity contribution < 1.29 is 23.1 Å². The highest BCUT2D eigenvalue weighted by Gasteiger charge is 2.15. The third-order valence-electron chi connectivity index (χ3n) is 3.47. The SMILES string of the molecule is O=C(Nc1ccc(Oc2ccccc2)cc1)C(=O)Nc1ccc(F)c(F)c1. The molecule has 136 valence electrons. The normalized spacial score (nSPS) is 10.1. The van der Waals surface area contributed by atoms with Crippen LogP contribution < -0.4 is 15.4 Å². The number of rotatable bonds is 4. The molecular formula is C20H14F2N2O3. The molecular weight excluding hydrogens is 354 g/mol. The highest BCUT2D eigenvalue weighted by atomic mass is 19.2. The minimum atomic E-state index is -1.12. The Labute approximate surface area is 153 Å². The van der Waals surface area contributed by atoms with Gasteiger partial charge in [0.05, 0.1) is 0 Å². The molecule has 0 fully saturated rings. The Morgan fingerprint density at radius 1 is 0.667 bits per heavy atom. The van der Waals surface area contributed by atoms with E-state index in [-0.39, 0.29) is 5.69 Å². The molecule has 0 unspecified atom stereocenters. The van der Waals surface area contributed by atoms with Gasteiger partial charge in [-0.3, -0.25) is 9.59 Å². The van der Waals surface area contributed by atoms with Crippen molar-refractivity contribution in [1.82, 2.24) is 0 Å². The molecule has 0 aromatic heterocycles. The minimum Gasteiger partial charge on any atom is -0.457 e. The van der Waals surface area contributed by atoms with Crippen LogP contribution in [0.25, 0.3) is 0 Å². The molecule has 3 aromatic carbocycles. The lowest BCUT2D eigenvalue weighted by Gasteiger charge is -2.08. The number of halogens is 2. The lowest BCUT2D eigenvalue weighted by molar-refractivity contribution is -0.133. The standard InChI is InChI=1S/C20H14F2N2O3/c21-17-11-8-14(12-18(17)22)24-20(26)19(25)23-13-6-9-16(10-7-13)27-15-4-2-1-3-5-15/h1-12H,(H,23,25)(H,24,26). The van der Waals surface area contributed by atoms with Crippen molar-refractivity contribution in [2.75, 3.05) is 10.6 Å². The van der Waals surface area contributed by atoms with E-state index >= 15 is 0 Å². The number of hydrogen-bond acceptors (Lipinski definition) is 3. The number of para-hydroxylation sites is 1. The van der Waals surface area contributed by atoms with Gasteiger partial charge in [-0.15, -0.1) is 0 Å². The van der Waals surface area contributed by atoms with Crippen LogP contribution in [-0.4, -0.2) is 11.8 Å². The number of carbonyl (C=O) groups excluding carboxylic acids is 2. The lowest BCUT2D eigenvalue weighted by Crippen LogP contribution is -2.29. The number of benzene rings is 3. The molecule has 0 heterocycles. The van der Waals surface area contributed by atoms with Crippen LogP contribution in [0.5, 0.6) is 11.5 Å². The van der Waals surface area contributed by atoms with E-state index < -0.39 is 23.4 Å². The van der Waals surface area contributed by atoms with Crippen LogP contribution in [0.15, 0.2) is 72.8 Å². The Kier molecular flexibility index (Phi) is 5.41. The monoisotopic (exact) mass is 368 g/mol. The summed E-state index contributed by atoms with van der Waals surface area (Å²) in [4.78, 5) is 23.8. The first-order chi connectivity index (χ1) is 13.0. The van der Waals surface area contributed by atoms with Crippen molar-refractivity contribution in [2.24, 2.45) is 0 Å². The molecule has 0 spiro atoms. The quantitative estimate of drug-likeness (QED) is 0.674. The zero-order valence-corrected chi connectivity index (χ0v) is 13.9. The zero-order valence-electron chi connectivity index (χ0n) is 13.9. The van der Waals surface area contributed by atoms with E-state index in [2.05, 4.69) is 10.6 Å². The second-order valence-electron chi connectivity index (χ2n) is 5.48. The van der Waals surface area contributed by atoms with Gasteiger partial charge in [0.1, 0.15) is 11.5 Å². The predicted molar refractivity (Wildman–Crippen MR) is 96.6 cm³/mol. The summed E-state index contributed by atoms with van der Waals surface area (Å²) < 4.78 is 31.6. The number of anilines is 2. The Balaban J connectivity index is 1.58. The summed E-state index contributed by atoms with van der Waals surface area (Å²) in [6.45, 7) is 0. The van der Waals surface area contributed by atoms with E-state index in [1.807, 2.05) is 18.2 Å². The van der Waals surface area contributed by atoms with Crippen LogP contribution in [0, 0.1) is 11.6 Å². The molecule has 0 aliphatic heterocycles. The van der Waals surface area contributed by atoms with E-state index in [0.717, 1.165) is 18.2 Å². The maximum absolute atomic E-state index is 13.1. The third-order valence-corrected chi connectivity index (χ3v) is 3.47. The van der Waals surface area contributed by atoms with Crippen molar-refractivity contribution in [1.29, 1.82) is 0 Å². The molecule has 0 aliphatic carbocycles. The van der Waals surface area contributed by atoms with Crippen molar-refractivity contribution >= 4 is 23.2 Å². The van der Waals surface area contributed by atoms with Gasteiger partial charge in [-0.1, -0.05) is 18.2 Å². The van der Waals surface area contributed by atoms with Gasteiger partial charge in [-0.25, -0.2) is 8.78 Å². The van der Waals surface area contributed by atoms with E-state index in [1.165, 1.54) is 0 Å². The lowest BCUT2D eigenvalue weighted by atomic mass is 10.3. The highest BCUT2D eigenvalue weighted by molar-refractivity contribution is 6.43. The van der Waals surface area contributed by atoms with Crippen molar-refractivity contribution in [3.63, 3.8) is 0 Å². The van der Waals surface area contributed by atoms with E-state index in [4.69, 9.17) is 4.74 Å². The molecule has 0 saturated heterocycles. The topological polar surface area (TPSA) is 67.4 Å². The zero-order chi connectivity index (χ0) is 19.2. The molecule has 3 aromatic rings. The number of hydrogen-bond donors (Lipinski definition) is 2. The van der Waals surface area contributed by atoms with Gasteiger partial charge in [0.15, 0.2) is 11.6 Å². The van der Waals surface area contributed by atoms with Gasteiger partial charge in [-0.05, 0) is 48.5 Å².